The Labute approximate surface area is 364 Å². The van der Waals surface area contributed by atoms with Gasteiger partial charge in [0.25, 0.3) is 0 Å². The number of fused-ring (bicyclic) bond motifs is 14. The van der Waals surface area contributed by atoms with E-state index < -0.39 is 5.41 Å². The molecule has 1 aliphatic heterocycles. The highest BCUT2D eigenvalue weighted by Crippen LogP contribution is 2.64. The first kappa shape index (κ1) is 35.2. The predicted octanol–water partition coefficient (Wildman–Crippen LogP) is 15.4. The van der Waals surface area contributed by atoms with Crippen LogP contribution < -0.4 is 0 Å². The van der Waals surface area contributed by atoms with Gasteiger partial charge in [-0.3, -0.25) is 0 Å². The van der Waals surface area contributed by atoms with Gasteiger partial charge in [0.1, 0.15) is 0 Å². The van der Waals surface area contributed by atoms with E-state index in [2.05, 4.69) is 212 Å². The third-order valence-electron chi connectivity index (χ3n) is 13.2. The maximum Gasteiger partial charge on any atom is 0.160 e. The molecule has 0 radical (unpaired) electrons. The average molecular weight is 805 g/mol. The lowest BCUT2D eigenvalue weighted by Gasteiger charge is -2.40. The van der Waals surface area contributed by atoms with Crippen molar-refractivity contribution in [3.05, 3.63) is 241 Å². The van der Waals surface area contributed by atoms with E-state index in [-0.39, 0.29) is 0 Å². The van der Waals surface area contributed by atoms with Gasteiger partial charge in [0, 0.05) is 26.3 Å². The van der Waals surface area contributed by atoms with Crippen LogP contribution in [0.1, 0.15) is 22.3 Å². The van der Waals surface area contributed by atoms with Crippen molar-refractivity contribution in [3.8, 4) is 56.0 Å². The van der Waals surface area contributed by atoms with Crippen LogP contribution in [0.4, 0.5) is 0 Å². The Balaban J connectivity index is 0.934. The summed E-state index contributed by atoms with van der Waals surface area (Å²) in [6.45, 7) is 0. The number of rotatable bonds is 4. The molecule has 0 atom stereocenters. The fraction of sp³-hybridized carbons (Fsp3) is 0.0169. The van der Waals surface area contributed by atoms with Crippen LogP contribution in [0.5, 0.6) is 0 Å². The van der Waals surface area contributed by atoms with Crippen molar-refractivity contribution in [2.45, 2.75) is 15.2 Å². The van der Waals surface area contributed by atoms with Gasteiger partial charge >= 0.3 is 0 Å². The molecular formula is C59H36N2S. The van der Waals surface area contributed by atoms with Crippen LogP contribution in [0.15, 0.2) is 228 Å². The molecule has 13 rings (SSSR count). The van der Waals surface area contributed by atoms with Gasteiger partial charge < -0.3 is 0 Å². The van der Waals surface area contributed by atoms with Crippen molar-refractivity contribution < 1.29 is 0 Å². The molecule has 1 aromatic heterocycles. The molecule has 2 aliphatic rings. The summed E-state index contributed by atoms with van der Waals surface area (Å²) in [5, 5.41) is 6.19. The molecule has 0 amide bonds. The van der Waals surface area contributed by atoms with E-state index in [0.717, 1.165) is 39.1 Å². The molecule has 3 heteroatoms. The average Bonchev–Trinajstić information content (AvgIpc) is 3.63. The molecule has 288 valence electrons. The molecule has 2 nitrogen and oxygen atoms in total. The maximum absolute atomic E-state index is 5.23. The monoisotopic (exact) mass is 804 g/mol. The lowest BCUT2D eigenvalue weighted by Crippen LogP contribution is -2.32. The minimum atomic E-state index is -0.467. The third-order valence-corrected chi connectivity index (χ3v) is 14.4. The highest BCUT2D eigenvalue weighted by molar-refractivity contribution is 8.00. The molecule has 0 saturated heterocycles. The third kappa shape index (κ3) is 5.19. The van der Waals surface area contributed by atoms with Crippen molar-refractivity contribution in [2.24, 2.45) is 0 Å². The first-order valence-electron chi connectivity index (χ1n) is 21.2. The van der Waals surface area contributed by atoms with E-state index in [4.69, 9.17) is 9.97 Å². The van der Waals surface area contributed by atoms with E-state index in [1.165, 1.54) is 81.4 Å². The van der Waals surface area contributed by atoms with E-state index in [0.29, 0.717) is 0 Å². The van der Waals surface area contributed by atoms with E-state index >= 15 is 0 Å². The number of nitrogens with zero attached hydrogens (tertiary/aromatic N) is 2. The van der Waals surface area contributed by atoms with Gasteiger partial charge in [-0.15, -0.1) is 0 Å². The van der Waals surface area contributed by atoms with E-state index in [1.807, 2.05) is 17.8 Å². The zero-order valence-corrected chi connectivity index (χ0v) is 34.4. The second kappa shape index (κ2) is 13.7. The number of hydrogen-bond acceptors (Lipinski definition) is 3. The van der Waals surface area contributed by atoms with Crippen LogP contribution in [0.2, 0.25) is 0 Å². The van der Waals surface area contributed by atoms with Crippen molar-refractivity contribution in [2.75, 3.05) is 0 Å². The van der Waals surface area contributed by atoms with Gasteiger partial charge in [-0.05, 0) is 89.3 Å². The van der Waals surface area contributed by atoms with Crippen molar-refractivity contribution >= 4 is 44.2 Å². The zero-order chi connectivity index (χ0) is 40.8. The fourth-order valence-electron chi connectivity index (χ4n) is 10.3. The Morgan fingerprint density at radius 3 is 1.53 bits per heavy atom. The normalized spacial score (nSPS) is 13.2. The van der Waals surface area contributed by atoms with Gasteiger partial charge in [-0.1, -0.05) is 218 Å². The highest BCUT2D eigenvalue weighted by Gasteiger charge is 2.50. The number of benzene rings is 10. The standard InChI is InChI=1S/C59H36N2S/c1-2-12-37(13-3-1)38-22-26-42(27-23-38)55-48-19-9-11-21-54(48)60-58(61-55)43-28-24-39(25-29-43)44-32-33-51-49(36-44)47-18-8-10-20-50(47)59(51)52-34-30-40-14-4-6-16-45(40)56(52)62-57-46-17-7-5-15-41(46)31-35-53(57)59/h1-36H. The summed E-state index contributed by atoms with van der Waals surface area (Å²) in [4.78, 5) is 13.0. The number of aromatic nitrogens is 2. The van der Waals surface area contributed by atoms with Gasteiger partial charge in [0.2, 0.25) is 0 Å². The molecule has 10 aromatic carbocycles. The highest BCUT2D eigenvalue weighted by atomic mass is 32.2. The first-order valence-corrected chi connectivity index (χ1v) is 22.0. The van der Waals surface area contributed by atoms with E-state index in [9.17, 15) is 0 Å². The Bertz CT molecular complexity index is 3510. The van der Waals surface area contributed by atoms with Crippen LogP contribution >= 0.6 is 11.8 Å². The lowest BCUT2D eigenvalue weighted by molar-refractivity contribution is 0.729. The molecule has 0 bridgehead atoms. The Morgan fingerprint density at radius 2 is 0.823 bits per heavy atom. The summed E-state index contributed by atoms with van der Waals surface area (Å²) in [7, 11) is 0. The number of para-hydroxylation sites is 1. The summed E-state index contributed by atoms with van der Waals surface area (Å²) in [5.74, 6) is 0.717. The number of hydrogen-bond donors (Lipinski definition) is 0. The summed E-state index contributed by atoms with van der Waals surface area (Å²) in [6.07, 6.45) is 0. The summed E-state index contributed by atoms with van der Waals surface area (Å²) >= 11 is 1.94. The Morgan fingerprint density at radius 1 is 0.323 bits per heavy atom. The Kier molecular flexibility index (Phi) is 7.79. The van der Waals surface area contributed by atoms with Crippen LogP contribution in [0, 0.1) is 0 Å². The van der Waals surface area contributed by atoms with Crippen LogP contribution in [-0.2, 0) is 5.41 Å². The molecule has 0 N–H and O–H groups in total. The van der Waals surface area contributed by atoms with Crippen LogP contribution in [-0.4, -0.2) is 9.97 Å². The van der Waals surface area contributed by atoms with Gasteiger partial charge in [-0.25, -0.2) is 9.97 Å². The Hall–Kier alpha value is -7.59. The molecule has 1 spiro atoms. The second-order valence-corrected chi connectivity index (χ2v) is 17.4. The smallest absolute Gasteiger partial charge is 0.160 e. The quantitative estimate of drug-likeness (QED) is 0.177. The fourth-order valence-corrected chi connectivity index (χ4v) is 11.7. The van der Waals surface area contributed by atoms with Gasteiger partial charge in [-0.2, -0.15) is 0 Å². The minimum Gasteiger partial charge on any atom is -0.228 e. The topological polar surface area (TPSA) is 25.8 Å². The molecule has 0 fully saturated rings. The zero-order valence-electron chi connectivity index (χ0n) is 33.6. The second-order valence-electron chi connectivity index (χ2n) is 16.4. The maximum atomic E-state index is 5.23. The van der Waals surface area contributed by atoms with Gasteiger partial charge in [0.15, 0.2) is 5.82 Å². The minimum absolute atomic E-state index is 0.467. The summed E-state index contributed by atoms with van der Waals surface area (Å²) in [6, 6.07) is 79.8. The predicted molar refractivity (Wildman–Crippen MR) is 258 cm³/mol. The largest absolute Gasteiger partial charge is 0.228 e. The molecule has 1 aliphatic carbocycles. The van der Waals surface area contributed by atoms with Crippen LogP contribution in [0.3, 0.4) is 0 Å². The van der Waals surface area contributed by atoms with Crippen molar-refractivity contribution in [3.63, 3.8) is 0 Å². The molecule has 2 heterocycles. The van der Waals surface area contributed by atoms with Crippen molar-refractivity contribution in [1.29, 1.82) is 0 Å². The summed E-state index contributed by atoms with van der Waals surface area (Å²) in [5.41, 5.74) is 16.1. The van der Waals surface area contributed by atoms with Crippen LogP contribution in [0.25, 0.3) is 88.5 Å². The van der Waals surface area contributed by atoms with Crippen molar-refractivity contribution in [1.82, 2.24) is 9.97 Å². The van der Waals surface area contributed by atoms with E-state index in [1.54, 1.807) is 0 Å². The first-order chi connectivity index (χ1) is 30.7. The molecule has 0 saturated carbocycles. The molecular weight excluding hydrogens is 769 g/mol. The van der Waals surface area contributed by atoms with Gasteiger partial charge in [0.05, 0.1) is 16.6 Å². The lowest BCUT2D eigenvalue weighted by atomic mass is 9.66. The molecule has 11 aromatic rings. The molecule has 62 heavy (non-hydrogen) atoms. The SMILES string of the molecule is c1ccc(-c2ccc(-c3nc(-c4ccc(-c5ccc6c(c5)-c5ccccc5C65c6ccc7ccccc7c6Sc6c5ccc5ccccc65)cc4)nc4ccccc34)cc2)cc1. The summed E-state index contributed by atoms with van der Waals surface area (Å²) < 4.78 is 0. The molecule has 0 unspecified atom stereocenters.